The zero-order chi connectivity index (χ0) is 16.8. The normalized spacial score (nSPS) is 16.0. The van der Waals surface area contributed by atoms with Crippen molar-refractivity contribution in [3.63, 3.8) is 0 Å². The lowest BCUT2D eigenvalue weighted by Gasteiger charge is -2.13. The largest absolute Gasteiger partial charge is 0.485 e. The second-order valence-electron chi connectivity index (χ2n) is 5.34. The molecule has 24 heavy (non-hydrogen) atoms. The summed E-state index contributed by atoms with van der Waals surface area (Å²) in [7, 11) is 0. The Morgan fingerprint density at radius 3 is 2.88 bits per heavy atom. The molecule has 2 aromatic carbocycles. The van der Waals surface area contributed by atoms with E-state index in [2.05, 4.69) is 14.7 Å². The van der Waals surface area contributed by atoms with Crippen LogP contribution in [0.1, 0.15) is 17.2 Å². The van der Waals surface area contributed by atoms with Crippen molar-refractivity contribution >= 4 is 11.6 Å². The molecule has 0 saturated carbocycles. The molecule has 0 amide bonds. The van der Waals surface area contributed by atoms with Gasteiger partial charge in [0.25, 0.3) is 0 Å². The summed E-state index contributed by atoms with van der Waals surface area (Å²) in [5, 5.41) is 3.48. The standard InChI is InChI=1S/C16H9ClF2N2O3/c17-10-4-7-5-13(23-12(7)6-11(10)18)8-2-1-3-9(14(8)19)15-20-16(22)24-21-15/h1-4,6,13H,5H2,(H,20,21,22). The second kappa shape index (κ2) is 5.45. The average Bonchev–Trinajstić information content (AvgIpc) is 3.14. The van der Waals surface area contributed by atoms with Gasteiger partial charge in [-0.2, -0.15) is 0 Å². The van der Waals surface area contributed by atoms with Crippen molar-refractivity contribution in [1.82, 2.24) is 10.1 Å². The van der Waals surface area contributed by atoms with Crippen molar-refractivity contribution in [2.45, 2.75) is 12.5 Å². The van der Waals surface area contributed by atoms with Crippen molar-refractivity contribution in [2.24, 2.45) is 0 Å². The van der Waals surface area contributed by atoms with Gasteiger partial charge in [0.15, 0.2) is 5.82 Å². The van der Waals surface area contributed by atoms with E-state index in [1.54, 1.807) is 12.1 Å². The van der Waals surface area contributed by atoms with Gasteiger partial charge < -0.3 is 4.74 Å². The Morgan fingerprint density at radius 1 is 1.29 bits per heavy atom. The first-order valence-corrected chi connectivity index (χ1v) is 7.40. The number of benzene rings is 2. The van der Waals surface area contributed by atoms with Gasteiger partial charge in [0, 0.05) is 18.1 Å². The molecule has 0 saturated heterocycles. The van der Waals surface area contributed by atoms with E-state index in [0.717, 1.165) is 0 Å². The number of halogens is 3. The fraction of sp³-hybridized carbons (Fsp3) is 0.125. The number of aromatic nitrogens is 2. The molecular formula is C16H9ClF2N2O3. The van der Waals surface area contributed by atoms with E-state index in [1.807, 2.05) is 0 Å². The molecule has 5 nitrogen and oxygen atoms in total. The molecule has 3 aromatic rings. The SMILES string of the molecule is O=c1[nH]c(-c2cccc(C3Cc4cc(Cl)c(F)cc4O3)c2F)no1. The van der Waals surface area contributed by atoms with E-state index in [9.17, 15) is 13.6 Å². The molecule has 122 valence electrons. The predicted molar refractivity (Wildman–Crippen MR) is 81.0 cm³/mol. The van der Waals surface area contributed by atoms with E-state index in [1.165, 1.54) is 18.2 Å². The first-order valence-electron chi connectivity index (χ1n) is 7.02. The van der Waals surface area contributed by atoms with Gasteiger partial charge in [-0.3, -0.25) is 9.51 Å². The van der Waals surface area contributed by atoms with Gasteiger partial charge in [-0.1, -0.05) is 28.9 Å². The molecule has 1 N–H and O–H groups in total. The van der Waals surface area contributed by atoms with Crippen molar-refractivity contribution < 1.29 is 18.0 Å². The summed E-state index contributed by atoms with van der Waals surface area (Å²) in [6.45, 7) is 0. The molecule has 4 rings (SSSR count). The number of fused-ring (bicyclic) bond motifs is 1. The third-order valence-corrected chi connectivity index (χ3v) is 4.14. The number of aromatic amines is 1. The summed E-state index contributed by atoms with van der Waals surface area (Å²) in [5.41, 5.74) is 1.05. The van der Waals surface area contributed by atoms with Gasteiger partial charge in [-0.05, 0) is 17.7 Å². The van der Waals surface area contributed by atoms with E-state index < -0.39 is 23.5 Å². The van der Waals surface area contributed by atoms with E-state index in [-0.39, 0.29) is 22.0 Å². The lowest BCUT2D eigenvalue weighted by atomic mass is 10.0. The highest BCUT2D eigenvalue weighted by molar-refractivity contribution is 6.30. The maximum atomic E-state index is 14.8. The summed E-state index contributed by atoms with van der Waals surface area (Å²) < 4.78 is 38.4. The number of hydrogen-bond acceptors (Lipinski definition) is 4. The highest BCUT2D eigenvalue weighted by Crippen LogP contribution is 2.40. The van der Waals surface area contributed by atoms with Gasteiger partial charge in [0.1, 0.15) is 23.5 Å². The quantitative estimate of drug-likeness (QED) is 0.766. The van der Waals surface area contributed by atoms with Crippen LogP contribution in [-0.2, 0) is 6.42 Å². The Bertz CT molecular complexity index is 968. The molecule has 1 atom stereocenters. The Labute approximate surface area is 138 Å². The molecule has 1 aliphatic rings. The summed E-state index contributed by atoms with van der Waals surface area (Å²) in [6.07, 6.45) is -0.276. The first-order chi connectivity index (χ1) is 11.5. The van der Waals surface area contributed by atoms with Crippen LogP contribution in [-0.4, -0.2) is 10.1 Å². The molecule has 1 aromatic heterocycles. The number of rotatable bonds is 2. The van der Waals surface area contributed by atoms with E-state index in [4.69, 9.17) is 16.3 Å². The van der Waals surface area contributed by atoms with Crippen LogP contribution in [0.5, 0.6) is 5.75 Å². The highest BCUT2D eigenvalue weighted by atomic mass is 35.5. The van der Waals surface area contributed by atoms with Crippen molar-refractivity contribution in [3.8, 4) is 17.1 Å². The van der Waals surface area contributed by atoms with E-state index >= 15 is 0 Å². The minimum atomic E-state index is -0.774. The maximum Gasteiger partial charge on any atom is 0.439 e. The van der Waals surface area contributed by atoms with Crippen molar-refractivity contribution in [1.29, 1.82) is 0 Å². The molecule has 1 aliphatic heterocycles. The molecule has 0 spiro atoms. The zero-order valence-corrected chi connectivity index (χ0v) is 12.7. The smallest absolute Gasteiger partial charge is 0.439 e. The lowest BCUT2D eigenvalue weighted by molar-refractivity contribution is 0.232. The highest BCUT2D eigenvalue weighted by Gasteiger charge is 2.29. The Hall–Kier alpha value is -2.67. The number of H-pyrrole nitrogens is 1. The van der Waals surface area contributed by atoms with Gasteiger partial charge in [0.2, 0.25) is 0 Å². The monoisotopic (exact) mass is 350 g/mol. The van der Waals surface area contributed by atoms with Crippen molar-refractivity contribution in [3.05, 3.63) is 68.7 Å². The Morgan fingerprint density at radius 2 is 2.12 bits per heavy atom. The van der Waals surface area contributed by atoms with Gasteiger partial charge >= 0.3 is 5.76 Å². The molecule has 0 bridgehead atoms. The fourth-order valence-corrected chi connectivity index (χ4v) is 2.92. The minimum absolute atomic E-state index is 0.00704. The lowest BCUT2D eigenvalue weighted by Crippen LogP contribution is -2.07. The van der Waals surface area contributed by atoms with Gasteiger partial charge in [-0.15, -0.1) is 0 Å². The van der Waals surface area contributed by atoms with Crippen LogP contribution in [0, 0.1) is 11.6 Å². The number of nitrogens with zero attached hydrogens (tertiary/aromatic N) is 1. The molecule has 2 heterocycles. The number of ether oxygens (including phenoxy) is 1. The third-order valence-electron chi connectivity index (χ3n) is 3.85. The van der Waals surface area contributed by atoms with Crippen LogP contribution in [0.3, 0.4) is 0 Å². The fourth-order valence-electron chi connectivity index (χ4n) is 2.73. The summed E-state index contributed by atoms with van der Waals surface area (Å²) in [5.74, 6) is -1.63. The summed E-state index contributed by atoms with van der Waals surface area (Å²) in [4.78, 5) is 13.4. The third kappa shape index (κ3) is 2.37. The number of nitrogens with one attached hydrogen (secondary N) is 1. The minimum Gasteiger partial charge on any atom is -0.485 e. The number of hydrogen-bond donors (Lipinski definition) is 1. The predicted octanol–water partition coefficient (Wildman–Crippen LogP) is 3.64. The molecule has 8 heteroatoms. The van der Waals surface area contributed by atoms with Gasteiger partial charge in [0.05, 0.1) is 10.6 Å². The Kier molecular flexibility index (Phi) is 3.38. The maximum absolute atomic E-state index is 14.8. The summed E-state index contributed by atoms with van der Waals surface area (Å²) >= 11 is 5.77. The second-order valence-corrected chi connectivity index (χ2v) is 5.74. The molecular weight excluding hydrogens is 342 g/mol. The topological polar surface area (TPSA) is 68.1 Å². The van der Waals surface area contributed by atoms with E-state index in [0.29, 0.717) is 17.7 Å². The Balaban J connectivity index is 1.72. The molecule has 0 aliphatic carbocycles. The van der Waals surface area contributed by atoms with Crippen LogP contribution in [0.15, 0.2) is 39.6 Å². The molecule has 0 fully saturated rings. The van der Waals surface area contributed by atoms with Crippen LogP contribution in [0.25, 0.3) is 11.4 Å². The zero-order valence-electron chi connectivity index (χ0n) is 12.0. The van der Waals surface area contributed by atoms with Gasteiger partial charge in [-0.25, -0.2) is 13.6 Å². The molecule has 0 radical (unpaired) electrons. The average molecular weight is 351 g/mol. The van der Waals surface area contributed by atoms with Crippen molar-refractivity contribution in [2.75, 3.05) is 0 Å². The van der Waals surface area contributed by atoms with Crippen LogP contribution in [0.4, 0.5) is 8.78 Å². The van der Waals surface area contributed by atoms with Crippen LogP contribution >= 0.6 is 11.6 Å². The first kappa shape index (κ1) is 14.9. The van der Waals surface area contributed by atoms with Crippen LogP contribution < -0.4 is 10.5 Å². The summed E-state index contributed by atoms with van der Waals surface area (Å²) in [6, 6.07) is 7.30. The van der Waals surface area contributed by atoms with Crippen LogP contribution in [0.2, 0.25) is 5.02 Å². The molecule has 1 unspecified atom stereocenters.